The van der Waals surface area contributed by atoms with Crippen LogP contribution in [0.5, 0.6) is 0 Å². The highest BCUT2D eigenvalue weighted by atomic mass is 35.5. The molecule has 0 nitrogen and oxygen atoms in total. The van der Waals surface area contributed by atoms with Crippen LogP contribution in [0.15, 0.2) is 0 Å². The largest absolute Gasteiger partial charge is 0.141 e. The second kappa shape index (κ2) is 4.74. The maximum atomic E-state index is 6.08. The van der Waals surface area contributed by atoms with Gasteiger partial charge in [-0.3, -0.25) is 0 Å². The van der Waals surface area contributed by atoms with Crippen LogP contribution in [-0.2, 0) is 0 Å². The molecule has 0 aromatic carbocycles. The highest BCUT2D eigenvalue weighted by Gasteiger charge is 2.22. The Labute approximate surface area is 76.7 Å². The van der Waals surface area contributed by atoms with Crippen molar-refractivity contribution in [3.05, 3.63) is 0 Å². The van der Waals surface area contributed by atoms with Crippen molar-refractivity contribution in [3.8, 4) is 0 Å². The third-order valence-electron chi connectivity index (χ3n) is 1.90. The van der Waals surface area contributed by atoms with Crippen LogP contribution in [-0.4, -0.2) is 15.8 Å². The Balaban J connectivity index is 2.25. The molecule has 10 heavy (non-hydrogen) atoms. The lowest BCUT2D eigenvalue weighted by atomic mass is 10.00. The molecule has 2 atom stereocenters. The van der Waals surface area contributed by atoms with Crippen LogP contribution >= 0.6 is 35.0 Å². The van der Waals surface area contributed by atoms with Gasteiger partial charge in [-0.1, -0.05) is 12.8 Å². The molecule has 0 saturated heterocycles. The second-order valence-electron chi connectivity index (χ2n) is 2.61. The van der Waals surface area contributed by atoms with Gasteiger partial charge in [-0.05, 0) is 12.8 Å². The lowest BCUT2D eigenvalue weighted by Gasteiger charge is -2.25. The molecular weight excluding hydrogens is 187 g/mol. The molecule has 2 unspecified atom stereocenters. The Hall–Kier alpha value is 0.930. The van der Waals surface area contributed by atoms with Gasteiger partial charge in [-0.2, -0.15) is 0 Å². The first-order valence-corrected chi connectivity index (χ1v) is 5.68. The van der Waals surface area contributed by atoms with E-state index in [-0.39, 0.29) is 0 Å². The molecule has 0 amide bonds. The van der Waals surface area contributed by atoms with Gasteiger partial charge in [0.15, 0.2) is 0 Å². The summed E-state index contributed by atoms with van der Waals surface area (Å²) < 4.78 is 0. The summed E-state index contributed by atoms with van der Waals surface area (Å²) in [6, 6.07) is 0. The van der Waals surface area contributed by atoms with Gasteiger partial charge in [0, 0.05) is 10.6 Å². The molecule has 0 aromatic rings. The molecule has 1 rings (SSSR count). The minimum atomic E-state index is 0.373. The zero-order chi connectivity index (χ0) is 7.40. The predicted molar refractivity (Wildman–Crippen MR) is 50.2 cm³/mol. The van der Waals surface area contributed by atoms with Crippen molar-refractivity contribution >= 4 is 35.0 Å². The fourth-order valence-electron chi connectivity index (χ4n) is 1.32. The average molecular weight is 199 g/mol. The number of hydrogen-bond acceptors (Lipinski definition) is 1. The number of halogens is 2. The van der Waals surface area contributed by atoms with Crippen molar-refractivity contribution in [2.75, 3.05) is 5.21 Å². The van der Waals surface area contributed by atoms with Crippen LogP contribution in [0.3, 0.4) is 0 Å². The van der Waals surface area contributed by atoms with Crippen LogP contribution in [0, 0.1) is 0 Å². The van der Waals surface area contributed by atoms with Gasteiger partial charge in [0.05, 0.1) is 5.21 Å². The van der Waals surface area contributed by atoms with E-state index >= 15 is 0 Å². The van der Waals surface area contributed by atoms with Crippen LogP contribution in [0.25, 0.3) is 0 Å². The Bertz CT molecular complexity index is 95.6. The van der Waals surface area contributed by atoms with Gasteiger partial charge in [0.1, 0.15) is 0 Å². The van der Waals surface area contributed by atoms with Crippen molar-refractivity contribution in [2.45, 2.75) is 36.3 Å². The molecule has 3 heteroatoms. The van der Waals surface area contributed by atoms with E-state index in [2.05, 4.69) is 0 Å². The third kappa shape index (κ3) is 2.52. The first-order chi connectivity index (χ1) is 4.84. The fraction of sp³-hybridized carbons (Fsp3) is 1.00. The summed E-state index contributed by atoms with van der Waals surface area (Å²) in [6.07, 6.45) is 5.06. The predicted octanol–water partition coefficient (Wildman–Crippen LogP) is 3.47. The summed E-state index contributed by atoms with van der Waals surface area (Å²) in [5.41, 5.74) is 0. The molecule has 0 aliphatic heterocycles. The van der Waals surface area contributed by atoms with Gasteiger partial charge >= 0.3 is 0 Å². The summed E-state index contributed by atoms with van der Waals surface area (Å²) >= 11 is 13.5. The van der Waals surface area contributed by atoms with Gasteiger partial charge < -0.3 is 0 Å². The molecule has 0 bridgehead atoms. The van der Waals surface area contributed by atoms with Crippen LogP contribution in [0.4, 0.5) is 0 Å². The van der Waals surface area contributed by atoms with Gasteiger partial charge in [0.25, 0.3) is 0 Å². The maximum absolute atomic E-state index is 6.08. The van der Waals surface area contributed by atoms with E-state index in [4.69, 9.17) is 23.2 Å². The highest BCUT2D eigenvalue weighted by molar-refractivity contribution is 8.01. The monoisotopic (exact) mass is 198 g/mol. The van der Waals surface area contributed by atoms with Crippen LogP contribution in [0.2, 0.25) is 0 Å². The molecule has 0 heterocycles. The quantitative estimate of drug-likeness (QED) is 0.613. The summed E-state index contributed by atoms with van der Waals surface area (Å²) in [5.74, 6) is 0. The first kappa shape index (κ1) is 9.02. The Kier molecular flexibility index (Phi) is 4.27. The Morgan fingerprint density at radius 3 is 2.60 bits per heavy atom. The maximum Gasteiger partial charge on any atom is 0.0683 e. The lowest BCUT2D eigenvalue weighted by Crippen LogP contribution is -2.21. The summed E-state index contributed by atoms with van der Waals surface area (Å²) in [7, 11) is 0. The highest BCUT2D eigenvalue weighted by Crippen LogP contribution is 2.32. The average Bonchev–Trinajstić information content (AvgIpc) is 1.94. The van der Waals surface area contributed by atoms with E-state index in [1.165, 1.54) is 25.7 Å². The fourth-order valence-corrected chi connectivity index (χ4v) is 3.14. The van der Waals surface area contributed by atoms with E-state index in [1.54, 1.807) is 11.8 Å². The molecule has 1 aliphatic rings. The molecule has 0 spiro atoms. The van der Waals surface area contributed by atoms with Crippen LogP contribution < -0.4 is 0 Å². The Morgan fingerprint density at radius 2 is 2.00 bits per heavy atom. The normalized spacial score (nSPS) is 34.2. The van der Waals surface area contributed by atoms with Gasteiger partial charge in [-0.25, -0.2) is 0 Å². The number of rotatable bonds is 2. The zero-order valence-corrected chi connectivity index (χ0v) is 8.18. The minimum Gasteiger partial charge on any atom is -0.141 e. The molecular formula is C7H12Cl2S. The van der Waals surface area contributed by atoms with Crippen LogP contribution in [0.1, 0.15) is 25.7 Å². The van der Waals surface area contributed by atoms with Crippen molar-refractivity contribution in [1.82, 2.24) is 0 Å². The zero-order valence-electron chi connectivity index (χ0n) is 5.85. The first-order valence-electron chi connectivity index (χ1n) is 3.66. The van der Waals surface area contributed by atoms with Crippen molar-refractivity contribution in [3.63, 3.8) is 0 Å². The second-order valence-corrected chi connectivity index (χ2v) is 4.99. The molecule has 1 fully saturated rings. The minimum absolute atomic E-state index is 0.373. The van der Waals surface area contributed by atoms with Crippen molar-refractivity contribution in [2.24, 2.45) is 0 Å². The topological polar surface area (TPSA) is 0 Å². The lowest BCUT2D eigenvalue weighted by molar-refractivity contribution is 0.523. The van der Waals surface area contributed by atoms with Crippen molar-refractivity contribution < 1.29 is 0 Å². The van der Waals surface area contributed by atoms with Gasteiger partial charge in [-0.15, -0.1) is 35.0 Å². The molecule has 1 aliphatic carbocycles. The molecule has 0 N–H and O–H groups in total. The number of alkyl halides is 2. The van der Waals surface area contributed by atoms with E-state index in [0.717, 1.165) is 0 Å². The summed E-state index contributed by atoms with van der Waals surface area (Å²) in [6.45, 7) is 0. The molecule has 60 valence electrons. The number of thioether (sulfide) groups is 1. The summed E-state index contributed by atoms with van der Waals surface area (Å²) in [5, 5.41) is 1.68. The number of hydrogen-bond donors (Lipinski definition) is 0. The summed E-state index contributed by atoms with van der Waals surface area (Å²) in [4.78, 5) is 0. The van der Waals surface area contributed by atoms with E-state index in [9.17, 15) is 0 Å². The SMILES string of the molecule is ClCSC1CCCCC1Cl. The third-order valence-corrected chi connectivity index (χ3v) is 4.07. The molecule has 0 radical (unpaired) electrons. The van der Waals surface area contributed by atoms with E-state index in [1.807, 2.05) is 0 Å². The smallest absolute Gasteiger partial charge is 0.0683 e. The van der Waals surface area contributed by atoms with E-state index in [0.29, 0.717) is 15.8 Å². The van der Waals surface area contributed by atoms with Gasteiger partial charge in [0.2, 0.25) is 0 Å². The van der Waals surface area contributed by atoms with E-state index < -0.39 is 0 Å². The molecule has 0 aromatic heterocycles. The molecule has 1 saturated carbocycles. The van der Waals surface area contributed by atoms with Crippen molar-refractivity contribution in [1.29, 1.82) is 0 Å². The Morgan fingerprint density at radius 1 is 1.30 bits per heavy atom. The standard InChI is InChI=1S/C7H12Cl2S/c8-5-10-7-4-2-1-3-6(7)9/h6-7H,1-5H2.